The zero-order chi connectivity index (χ0) is 23.3. The number of benzene rings is 2. The van der Waals surface area contributed by atoms with Gasteiger partial charge >= 0.3 is 5.97 Å². The first-order chi connectivity index (χ1) is 15.2. The van der Waals surface area contributed by atoms with Gasteiger partial charge in [0.2, 0.25) is 10.0 Å². The van der Waals surface area contributed by atoms with Crippen molar-refractivity contribution in [2.24, 2.45) is 0 Å². The highest BCUT2D eigenvalue weighted by atomic mass is 32.2. The summed E-state index contributed by atoms with van der Waals surface area (Å²) in [6.07, 6.45) is 0. The molecule has 32 heavy (non-hydrogen) atoms. The second-order valence-corrected chi connectivity index (χ2v) is 9.96. The Bertz CT molecular complexity index is 1090. The molecule has 9 heteroatoms. The molecule has 0 unspecified atom stereocenters. The van der Waals surface area contributed by atoms with E-state index in [0.717, 1.165) is 5.56 Å². The van der Waals surface area contributed by atoms with Gasteiger partial charge in [-0.15, -0.1) is 0 Å². The van der Waals surface area contributed by atoms with E-state index in [1.807, 2.05) is 18.2 Å². The van der Waals surface area contributed by atoms with Gasteiger partial charge in [-0.2, -0.15) is 4.31 Å². The number of nitrogens with one attached hydrogen (secondary N) is 1. The monoisotopic (exact) mass is 459 g/mol. The molecule has 1 aliphatic rings. The van der Waals surface area contributed by atoms with E-state index in [9.17, 15) is 18.0 Å². The largest absolute Gasteiger partial charge is 0.465 e. The fourth-order valence-electron chi connectivity index (χ4n) is 3.71. The van der Waals surface area contributed by atoms with E-state index in [2.05, 4.69) is 10.2 Å². The third-order valence-electron chi connectivity index (χ3n) is 5.67. The summed E-state index contributed by atoms with van der Waals surface area (Å²) in [4.78, 5) is 26.9. The number of methoxy groups -OCH3 is 1. The molecular weight excluding hydrogens is 430 g/mol. The number of anilines is 1. The highest BCUT2D eigenvalue weighted by Crippen LogP contribution is 2.21. The molecule has 0 saturated carbocycles. The molecule has 0 bridgehead atoms. The molecule has 8 nitrogen and oxygen atoms in total. The molecule has 0 spiro atoms. The number of piperazine rings is 1. The SMILES string of the molecule is CCS(=O)(=O)N1CCN(Cc2cccc(C(=O)Nc3cccc(C(=O)OC)c3C)c2)CC1. The predicted molar refractivity (Wildman–Crippen MR) is 123 cm³/mol. The van der Waals surface area contributed by atoms with Crippen molar-refractivity contribution in [1.82, 2.24) is 9.21 Å². The summed E-state index contributed by atoms with van der Waals surface area (Å²) in [6, 6.07) is 12.5. The first-order valence-electron chi connectivity index (χ1n) is 10.5. The van der Waals surface area contributed by atoms with Crippen LogP contribution in [0.3, 0.4) is 0 Å². The molecule has 172 valence electrons. The molecule has 1 saturated heterocycles. The van der Waals surface area contributed by atoms with Crippen molar-refractivity contribution >= 4 is 27.6 Å². The number of hydrogen-bond donors (Lipinski definition) is 1. The fraction of sp³-hybridized carbons (Fsp3) is 0.391. The van der Waals surface area contributed by atoms with Crippen LogP contribution in [0.1, 0.15) is 38.8 Å². The minimum Gasteiger partial charge on any atom is -0.465 e. The lowest BCUT2D eigenvalue weighted by Crippen LogP contribution is -2.48. The van der Waals surface area contributed by atoms with Gasteiger partial charge in [0.15, 0.2) is 0 Å². The summed E-state index contributed by atoms with van der Waals surface area (Å²) in [6.45, 7) is 6.31. The molecule has 1 fully saturated rings. The Balaban J connectivity index is 1.65. The molecule has 1 aliphatic heterocycles. The number of hydrogen-bond acceptors (Lipinski definition) is 6. The number of carbonyl (C=O) groups excluding carboxylic acids is 2. The molecule has 0 atom stereocenters. The summed E-state index contributed by atoms with van der Waals surface area (Å²) in [7, 11) is -1.83. The third-order valence-corrected chi connectivity index (χ3v) is 7.55. The Morgan fingerprint density at radius 3 is 2.41 bits per heavy atom. The first kappa shape index (κ1) is 23.9. The van der Waals surface area contributed by atoms with Crippen LogP contribution in [0, 0.1) is 6.92 Å². The van der Waals surface area contributed by atoms with Gasteiger partial charge in [0.25, 0.3) is 5.91 Å². The van der Waals surface area contributed by atoms with Crippen LogP contribution in [0.4, 0.5) is 5.69 Å². The second kappa shape index (κ2) is 10.2. The van der Waals surface area contributed by atoms with E-state index in [4.69, 9.17) is 4.74 Å². The first-order valence-corrected chi connectivity index (χ1v) is 12.1. The van der Waals surface area contributed by atoms with Crippen molar-refractivity contribution in [3.63, 3.8) is 0 Å². The van der Waals surface area contributed by atoms with Gasteiger partial charge in [-0.3, -0.25) is 9.69 Å². The average molecular weight is 460 g/mol. The van der Waals surface area contributed by atoms with E-state index in [1.54, 1.807) is 38.1 Å². The Morgan fingerprint density at radius 1 is 1.06 bits per heavy atom. The molecule has 2 aromatic carbocycles. The van der Waals surface area contributed by atoms with Crippen LogP contribution in [-0.4, -0.2) is 68.5 Å². The Hall–Kier alpha value is -2.75. The number of ether oxygens (including phenoxy) is 1. The molecule has 3 rings (SSSR count). The zero-order valence-electron chi connectivity index (χ0n) is 18.6. The maximum atomic E-state index is 12.8. The van der Waals surface area contributed by atoms with Gasteiger partial charge in [0, 0.05) is 44.0 Å². The highest BCUT2D eigenvalue weighted by Gasteiger charge is 2.25. The average Bonchev–Trinajstić information content (AvgIpc) is 2.80. The van der Waals surface area contributed by atoms with E-state index in [-0.39, 0.29) is 11.7 Å². The van der Waals surface area contributed by atoms with E-state index in [0.29, 0.717) is 55.1 Å². The van der Waals surface area contributed by atoms with E-state index in [1.165, 1.54) is 11.4 Å². The van der Waals surface area contributed by atoms with Crippen molar-refractivity contribution < 1.29 is 22.7 Å². The van der Waals surface area contributed by atoms with E-state index < -0.39 is 16.0 Å². The van der Waals surface area contributed by atoms with Gasteiger partial charge in [-0.05, 0) is 49.2 Å². The van der Waals surface area contributed by atoms with Crippen LogP contribution in [-0.2, 0) is 21.3 Å². The Kier molecular flexibility index (Phi) is 7.65. The van der Waals surface area contributed by atoms with Crippen molar-refractivity contribution in [2.45, 2.75) is 20.4 Å². The lowest BCUT2D eigenvalue weighted by Gasteiger charge is -2.33. The van der Waals surface area contributed by atoms with Crippen molar-refractivity contribution in [3.8, 4) is 0 Å². The Morgan fingerprint density at radius 2 is 1.75 bits per heavy atom. The molecule has 1 amide bonds. The van der Waals surface area contributed by atoms with Gasteiger partial charge in [-0.25, -0.2) is 13.2 Å². The quantitative estimate of drug-likeness (QED) is 0.639. The van der Waals surface area contributed by atoms with Crippen molar-refractivity contribution in [2.75, 3.05) is 44.4 Å². The lowest BCUT2D eigenvalue weighted by molar-refractivity contribution is 0.0599. The van der Waals surface area contributed by atoms with Crippen LogP contribution in [0.15, 0.2) is 42.5 Å². The molecule has 0 aliphatic carbocycles. The summed E-state index contributed by atoms with van der Waals surface area (Å²) < 4.78 is 30.4. The molecule has 2 aromatic rings. The van der Waals surface area contributed by atoms with Crippen LogP contribution in [0.2, 0.25) is 0 Å². The van der Waals surface area contributed by atoms with Crippen LogP contribution >= 0.6 is 0 Å². The van der Waals surface area contributed by atoms with Gasteiger partial charge in [0.1, 0.15) is 0 Å². The fourth-order valence-corrected chi connectivity index (χ4v) is 4.80. The molecule has 0 aromatic heterocycles. The standard InChI is InChI=1S/C23H29N3O5S/c1-4-32(29,30)26-13-11-25(12-14-26)16-18-7-5-8-19(15-18)22(27)24-21-10-6-9-20(17(21)2)23(28)31-3/h5-10,15H,4,11-14,16H2,1-3H3,(H,24,27). The summed E-state index contributed by atoms with van der Waals surface area (Å²) >= 11 is 0. The predicted octanol–water partition coefficient (Wildman–Crippen LogP) is 2.50. The smallest absolute Gasteiger partial charge is 0.338 e. The van der Waals surface area contributed by atoms with Crippen molar-refractivity contribution in [1.29, 1.82) is 0 Å². The number of nitrogens with zero attached hydrogens (tertiary/aromatic N) is 2. The number of amides is 1. The lowest BCUT2D eigenvalue weighted by atomic mass is 10.1. The normalized spacial score (nSPS) is 15.3. The Labute approximate surface area is 189 Å². The number of rotatable bonds is 7. The van der Waals surface area contributed by atoms with Crippen molar-refractivity contribution in [3.05, 3.63) is 64.7 Å². The molecule has 0 radical (unpaired) electrons. The number of esters is 1. The summed E-state index contributed by atoms with van der Waals surface area (Å²) in [5.41, 5.74) is 3.09. The van der Waals surface area contributed by atoms with Gasteiger partial charge < -0.3 is 10.1 Å². The topological polar surface area (TPSA) is 96.0 Å². The van der Waals surface area contributed by atoms with Crippen LogP contribution in [0.5, 0.6) is 0 Å². The number of sulfonamides is 1. The zero-order valence-corrected chi connectivity index (χ0v) is 19.4. The number of carbonyl (C=O) groups is 2. The summed E-state index contributed by atoms with van der Waals surface area (Å²) in [5.74, 6) is -0.602. The van der Waals surface area contributed by atoms with Crippen LogP contribution in [0.25, 0.3) is 0 Å². The highest BCUT2D eigenvalue weighted by molar-refractivity contribution is 7.89. The molecule has 1 heterocycles. The van der Waals surface area contributed by atoms with Gasteiger partial charge in [0.05, 0.1) is 18.4 Å². The maximum absolute atomic E-state index is 12.8. The maximum Gasteiger partial charge on any atom is 0.338 e. The second-order valence-electron chi connectivity index (χ2n) is 7.70. The molecule has 1 N–H and O–H groups in total. The van der Waals surface area contributed by atoms with Crippen LogP contribution < -0.4 is 5.32 Å². The summed E-state index contributed by atoms with van der Waals surface area (Å²) in [5, 5.41) is 2.87. The van der Waals surface area contributed by atoms with E-state index >= 15 is 0 Å². The molecular formula is C23H29N3O5S. The van der Waals surface area contributed by atoms with Gasteiger partial charge in [-0.1, -0.05) is 18.2 Å². The third kappa shape index (κ3) is 5.53. The minimum atomic E-state index is -3.15. The minimum absolute atomic E-state index is 0.117.